The summed E-state index contributed by atoms with van der Waals surface area (Å²) < 4.78 is 14.4. The summed E-state index contributed by atoms with van der Waals surface area (Å²) in [6.45, 7) is 6.18. The molecule has 3 heterocycles. The molecule has 10 heteroatoms. The van der Waals surface area contributed by atoms with Crippen molar-refractivity contribution in [3.8, 4) is 11.4 Å². The van der Waals surface area contributed by atoms with Crippen molar-refractivity contribution in [3.63, 3.8) is 0 Å². The maximum absolute atomic E-state index is 13.6. The number of para-hydroxylation sites is 1. The third-order valence-electron chi connectivity index (χ3n) is 5.39. The lowest BCUT2D eigenvalue weighted by Gasteiger charge is -2.14. The third kappa shape index (κ3) is 3.94. The molecule has 174 valence electrons. The van der Waals surface area contributed by atoms with E-state index >= 15 is 0 Å². The Labute approximate surface area is 199 Å². The average molecular weight is 477 g/mol. The van der Waals surface area contributed by atoms with Crippen LogP contribution >= 0.6 is 11.8 Å². The van der Waals surface area contributed by atoms with Crippen molar-refractivity contribution in [2.45, 2.75) is 38.1 Å². The van der Waals surface area contributed by atoms with E-state index in [-0.39, 0.29) is 5.56 Å². The van der Waals surface area contributed by atoms with Crippen LogP contribution in [-0.4, -0.2) is 36.4 Å². The molecule has 0 bridgehead atoms. The molecule has 34 heavy (non-hydrogen) atoms. The monoisotopic (exact) mass is 476 g/mol. The Balaban J connectivity index is 1.64. The number of fused-ring (bicyclic) bond motifs is 3. The molecule has 3 aromatic heterocycles. The van der Waals surface area contributed by atoms with Gasteiger partial charge in [0.05, 0.1) is 29.5 Å². The summed E-state index contributed by atoms with van der Waals surface area (Å²) in [5, 5.41) is 14.1. The summed E-state index contributed by atoms with van der Waals surface area (Å²) in [5.41, 5.74) is 2.15. The number of methoxy groups -OCH3 is 1. The highest BCUT2D eigenvalue weighted by Crippen LogP contribution is 2.28. The van der Waals surface area contributed by atoms with Crippen molar-refractivity contribution in [1.82, 2.24) is 29.3 Å². The molecule has 0 saturated heterocycles. The summed E-state index contributed by atoms with van der Waals surface area (Å²) in [6, 6.07) is 13.1. The minimum Gasteiger partial charge on any atom is -0.495 e. The first-order chi connectivity index (χ1) is 16.5. The van der Waals surface area contributed by atoms with Gasteiger partial charge in [0.25, 0.3) is 5.56 Å². The van der Waals surface area contributed by atoms with Gasteiger partial charge in [0, 0.05) is 6.42 Å². The molecule has 0 unspecified atom stereocenters. The number of benzene rings is 2. The number of rotatable bonds is 7. The normalized spacial score (nSPS) is 11.7. The zero-order valence-electron chi connectivity index (χ0n) is 19.3. The number of nitrogens with zero attached hydrogens (tertiary/aromatic N) is 6. The summed E-state index contributed by atoms with van der Waals surface area (Å²) in [5.74, 6) is 3.10. The van der Waals surface area contributed by atoms with Crippen molar-refractivity contribution in [2.75, 3.05) is 7.11 Å². The second kappa shape index (κ2) is 8.94. The first kappa shape index (κ1) is 22.1. The molecule has 0 aliphatic rings. The topological polar surface area (TPSA) is 100 Å². The number of aromatic nitrogens is 6. The Kier molecular flexibility index (Phi) is 5.82. The summed E-state index contributed by atoms with van der Waals surface area (Å²) in [4.78, 5) is 18.1. The van der Waals surface area contributed by atoms with Crippen LogP contribution in [0.25, 0.3) is 22.4 Å². The molecule has 0 saturated carbocycles. The average Bonchev–Trinajstić information content (AvgIpc) is 3.44. The molecule has 9 nitrogen and oxygen atoms in total. The molecule has 0 spiro atoms. The van der Waals surface area contributed by atoms with Gasteiger partial charge >= 0.3 is 0 Å². The van der Waals surface area contributed by atoms with Gasteiger partial charge in [0.2, 0.25) is 11.7 Å². The van der Waals surface area contributed by atoms with Gasteiger partial charge in [0.15, 0.2) is 11.0 Å². The Hall–Kier alpha value is -3.66. The highest BCUT2D eigenvalue weighted by Gasteiger charge is 2.20. The van der Waals surface area contributed by atoms with Crippen molar-refractivity contribution in [3.05, 3.63) is 70.1 Å². The highest BCUT2D eigenvalue weighted by molar-refractivity contribution is 7.98. The molecule has 0 N–H and O–H groups in total. The van der Waals surface area contributed by atoms with Crippen LogP contribution in [-0.2, 0) is 12.2 Å². The number of hydrogen-bond donors (Lipinski definition) is 0. The third-order valence-corrected chi connectivity index (χ3v) is 6.32. The zero-order valence-corrected chi connectivity index (χ0v) is 20.2. The van der Waals surface area contributed by atoms with E-state index in [1.165, 1.54) is 11.8 Å². The molecule has 0 radical (unpaired) electrons. The first-order valence-corrected chi connectivity index (χ1v) is 11.9. The Morgan fingerprint density at radius 3 is 2.76 bits per heavy atom. The standard InChI is InChI=1S/C24H24N6O3S/c1-14(2)11-21-25-20(28-33-21)13-34-24-27-26-23-29(18-12-15(3)9-10-19(18)32-4)22(31)16-7-5-6-8-17(16)30(23)24/h5-10,12,14H,11,13H2,1-4H3. The minimum atomic E-state index is -0.188. The van der Waals surface area contributed by atoms with E-state index < -0.39 is 0 Å². The smallest absolute Gasteiger partial charge is 0.267 e. The lowest BCUT2D eigenvalue weighted by atomic mass is 10.1. The van der Waals surface area contributed by atoms with Gasteiger partial charge < -0.3 is 9.26 Å². The molecule has 0 aliphatic carbocycles. The van der Waals surface area contributed by atoms with Gasteiger partial charge in [-0.1, -0.05) is 49.0 Å². The quantitative estimate of drug-likeness (QED) is 0.322. The predicted molar refractivity (Wildman–Crippen MR) is 130 cm³/mol. The summed E-state index contributed by atoms with van der Waals surface area (Å²) in [6.07, 6.45) is 0.737. The molecular weight excluding hydrogens is 452 g/mol. The fraction of sp³-hybridized carbons (Fsp3) is 0.292. The molecular formula is C24H24N6O3S. The number of aryl methyl sites for hydroxylation is 1. The van der Waals surface area contributed by atoms with Crippen LogP contribution in [0, 0.1) is 12.8 Å². The van der Waals surface area contributed by atoms with Crippen molar-refractivity contribution < 1.29 is 9.26 Å². The summed E-state index contributed by atoms with van der Waals surface area (Å²) in [7, 11) is 1.58. The van der Waals surface area contributed by atoms with Crippen LogP contribution in [0.4, 0.5) is 0 Å². The van der Waals surface area contributed by atoms with E-state index in [9.17, 15) is 4.79 Å². The Morgan fingerprint density at radius 1 is 1.15 bits per heavy atom. The highest BCUT2D eigenvalue weighted by atomic mass is 32.2. The van der Waals surface area contributed by atoms with E-state index in [0.717, 1.165) is 17.5 Å². The molecule has 0 fully saturated rings. The van der Waals surface area contributed by atoms with Gasteiger partial charge in [-0.05, 0) is 42.7 Å². The second-order valence-corrected chi connectivity index (χ2v) is 9.38. The molecule has 5 aromatic rings. The summed E-state index contributed by atoms with van der Waals surface area (Å²) >= 11 is 1.44. The van der Waals surface area contributed by atoms with E-state index in [2.05, 4.69) is 34.2 Å². The molecule has 0 amide bonds. The lowest BCUT2D eigenvalue weighted by Crippen LogP contribution is -2.22. The van der Waals surface area contributed by atoms with Gasteiger partial charge in [-0.3, -0.25) is 9.20 Å². The van der Waals surface area contributed by atoms with Crippen molar-refractivity contribution >= 4 is 28.4 Å². The second-order valence-electron chi connectivity index (χ2n) is 8.44. The van der Waals surface area contributed by atoms with Crippen LogP contribution in [0.1, 0.15) is 31.1 Å². The van der Waals surface area contributed by atoms with Crippen LogP contribution in [0.2, 0.25) is 0 Å². The molecule has 2 aromatic carbocycles. The minimum absolute atomic E-state index is 0.188. The largest absolute Gasteiger partial charge is 0.495 e. The van der Waals surface area contributed by atoms with Crippen LogP contribution in [0.5, 0.6) is 5.75 Å². The van der Waals surface area contributed by atoms with Crippen LogP contribution < -0.4 is 10.3 Å². The Bertz CT molecular complexity index is 1550. The lowest BCUT2D eigenvalue weighted by molar-refractivity contribution is 0.360. The molecule has 0 aliphatic heterocycles. The maximum Gasteiger partial charge on any atom is 0.267 e. The van der Waals surface area contributed by atoms with Crippen LogP contribution in [0.15, 0.2) is 56.9 Å². The van der Waals surface area contributed by atoms with E-state index in [4.69, 9.17) is 9.26 Å². The fourth-order valence-corrected chi connectivity index (χ4v) is 4.66. The van der Waals surface area contributed by atoms with Gasteiger partial charge in [-0.15, -0.1) is 10.2 Å². The fourth-order valence-electron chi connectivity index (χ4n) is 3.87. The molecule has 0 atom stereocenters. The van der Waals surface area contributed by atoms with Crippen molar-refractivity contribution in [2.24, 2.45) is 5.92 Å². The van der Waals surface area contributed by atoms with Gasteiger partial charge in [-0.25, -0.2) is 4.57 Å². The maximum atomic E-state index is 13.6. The number of ether oxygens (including phenoxy) is 1. The number of thioether (sulfide) groups is 1. The molecule has 5 rings (SSSR count). The van der Waals surface area contributed by atoms with E-state index in [1.54, 1.807) is 11.7 Å². The van der Waals surface area contributed by atoms with Gasteiger partial charge in [-0.2, -0.15) is 4.98 Å². The zero-order chi connectivity index (χ0) is 23.8. The van der Waals surface area contributed by atoms with E-state index in [0.29, 0.717) is 51.1 Å². The van der Waals surface area contributed by atoms with Gasteiger partial charge in [0.1, 0.15) is 5.75 Å². The Morgan fingerprint density at radius 2 is 1.97 bits per heavy atom. The first-order valence-electron chi connectivity index (χ1n) is 10.9. The van der Waals surface area contributed by atoms with Crippen LogP contribution in [0.3, 0.4) is 0 Å². The van der Waals surface area contributed by atoms with E-state index in [1.807, 2.05) is 53.8 Å². The van der Waals surface area contributed by atoms with Crippen molar-refractivity contribution in [1.29, 1.82) is 0 Å². The number of hydrogen-bond acceptors (Lipinski definition) is 8. The predicted octanol–water partition coefficient (Wildman–Crippen LogP) is 4.22. The SMILES string of the molecule is COc1ccc(C)cc1-n1c(=O)c2ccccc2n2c(SCc3noc(CC(C)C)n3)nnc12.